The van der Waals surface area contributed by atoms with Gasteiger partial charge in [0.1, 0.15) is 5.56 Å². The van der Waals surface area contributed by atoms with Gasteiger partial charge in [-0.1, -0.05) is 6.07 Å². The van der Waals surface area contributed by atoms with Gasteiger partial charge in [0, 0.05) is 29.2 Å². The number of rotatable bonds is 1. The lowest BCUT2D eigenvalue weighted by molar-refractivity contribution is 0.0695. The van der Waals surface area contributed by atoms with E-state index in [4.69, 9.17) is 5.11 Å². The predicted molar refractivity (Wildman–Crippen MR) is 65.6 cm³/mol. The van der Waals surface area contributed by atoms with Gasteiger partial charge in [0.2, 0.25) is 5.43 Å². The maximum Gasteiger partial charge on any atom is 0.341 e. The summed E-state index contributed by atoms with van der Waals surface area (Å²) in [6.45, 7) is 0. The number of hydrogen-bond donors (Lipinski definition) is 1. The second kappa shape index (κ2) is 3.40. The summed E-state index contributed by atoms with van der Waals surface area (Å²) >= 11 is 0. The van der Waals surface area contributed by atoms with E-state index in [2.05, 4.69) is 0 Å². The number of pyridine rings is 2. The number of aromatic carboxylic acids is 1. The van der Waals surface area contributed by atoms with Crippen molar-refractivity contribution in [1.82, 2.24) is 4.40 Å². The number of aromatic nitrogens is 1. The normalized spacial score (nSPS) is 11.1. The van der Waals surface area contributed by atoms with Crippen LogP contribution < -0.4 is 10.9 Å². The van der Waals surface area contributed by atoms with Gasteiger partial charge < -0.3 is 9.51 Å². The molecule has 0 aliphatic carbocycles. The molecule has 0 spiro atoms. The zero-order valence-corrected chi connectivity index (χ0v) is 9.08. The van der Waals surface area contributed by atoms with Crippen LogP contribution in [0.2, 0.25) is 0 Å². The first kappa shape index (κ1) is 10.5. The van der Waals surface area contributed by atoms with Crippen LogP contribution in [-0.4, -0.2) is 15.5 Å². The molecule has 2 heterocycles. The van der Waals surface area contributed by atoms with Crippen molar-refractivity contribution in [3.8, 4) is 0 Å². The largest absolute Gasteiger partial charge is 0.477 e. The smallest absolute Gasteiger partial charge is 0.341 e. The van der Waals surface area contributed by atoms with Gasteiger partial charge in [0.25, 0.3) is 0 Å². The van der Waals surface area contributed by atoms with Crippen LogP contribution in [0.15, 0.2) is 46.2 Å². The maximum absolute atomic E-state index is 12.0. The lowest BCUT2D eigenvalue weighted by atomic mass is 10.1. The Hall–Kier alpha value is -2.69. The van der Waals surface area contributed by atoms with Gasteiger partial charge in [-0.25, -0.2) is 4.79 Å². The van der Waals surface area contributed by atoms with E-state index >= 15 is 0 Å². The molecule has 0 atom stereocenters. The van der Waals surface area contributed by atoms with E-state index in [0.717, 1.165) is 0 Å². The summed E-state index contributed by atoms with van der Waals surface area (Å²) in [5.41, 5.74) is -0.611. The molecule has 2 aromatic heterocycles. The predicted octanol–water partition coefficient (Wildman–Crippen LogP) is 0.949. The van der Waals surface area contributed by atoms with Gasteiger partial charge in [-0.3, -0.25) is 9.59 Å². The Labute approximate surface area is 99.9 Å². The molecule has 0 unspecified atom stereocenters. The number of carboxylic acids is 1. The Morgan fingerprint density at radius 3 is 2.56 bits per heavy atom. The van der Waals surface area contributed by atoms with E-state index in [-0.39, 0.29) is 16.4 Å². The quantitative estimate of drug-likeness (QED) is 0.688. The third kappa shape index (κ3) is 1.24. The van der Waals surface area contributed by atoms with Crippen LogP contribution in [-0.2, 0) is 0 Å². The van der Waals surface area contributed by atoms with Crippen LogP contribution in [0.5, 0.6) is 0 Å². The average molecular weight is 241 g/mol. The molecule has 18 heavy (non-hydrogen) atoms. The number of carbonyl (C=O) groups is 1. The molecular weight excluding hydrogens is 234 g/mol. The molecular formula is C13H7NO4. The first-order chi connectivity index (χ1) is 8.59. The molecule has 0 saturated carbocycles. The molecule has 0 fully saturated rings. The van der Waals surface area contributed by atoms with Crippen molar-refractivity contribution in [3.63, 3.8) is 0 Å². The molecule has 5 nitrogen and oxygen atoms in total. The zero-order valence-electron chi connectivity index (χ0n) is 9.08. The first-order valence-corrected chi connectivity index (χ1v) is 5.23. The Morgan fingerprint density at radius 1 is 1.11 bits per heavy atom. The monoisotopic (exact) mass is 241 g/mol. The molecule has 1 aromatic carbocycles. The zero-order chi connectivity index (χ0) is 12.9. The van der Waals surface area contributed by atoms with Gasteiger partial charge in [0.05, 0.1) is 5.52 Å². The van der Waals surface area contributed by atoms with Crippen molar-refractivity contribution in [3.05, 3.63) is 62.7 Å². The Bertz CT molecular complexity index is 895. The van der Waals surface area contributed by atoms with Crippen LogP contribution in [0, 0.1) is 0 Å². The minimum atomic E-state index is -1.28. The second-order valence-electron chi connectivity index (χ2n) is 3.97. The van der Waals surface area contributed by atoms with Gasteiger partial charge in [0.15, 0.2) is 5.43 Å². The highest BCUT2D eigenvalue weighted by molar-refractivity contribution is 5.99. The van der Waals surface area contributed by atoms with Crippen molar-refractivity contribution >= 4 is 22.3 Å². The number of benzene rings is 1. The summed E-state index contributed by atoms with van der Waals surface area (Å²) < 4.78 is 1.50. The molecule has 0 aliphatic heterocycles. The lowest BCUT2D eigenvalue weighted by Gasteiger charge is -2.07. The Morgan fingerprint density at radius 2 is 1.83 bits per heavy atom. The molecule has 3 aromatic rings. The summed E-state index contributed by atoms with van der Waals surface area (Å²) in [6.07, 6.45) is 2.70. The molecule has 1 N–H and O–H groups in total. The van der Waals surface area contributed by atoms with E-state index in [0.29, 0.717) is 10.9 Å². The van der Waals surface area contributed by atoms with Gasteiger partial charge in [-0.2, -0.15) is 0 Å². The van der Waals surface area contributed by atoms with E-state index < -0.39 is 11.4 Å². The Balaban J connectivity index is 2.70. The van der Waals surface area contributed by atoms with Gasteiger partial charge in [-0.05, 0) is 12.1 Å². The highest BCUT2D eigenvalue weighted by Crippen LogP contribution is 2.15. The number of nitrogens with zero attached hydrogens (tertiary/aromatic N) is 1. The topological polar surface area (TPSA) is 75.8 Å². The highest BCUT2D eigenvalue weighted by Gasteiger charge is 2.15. The van der Waals surface area contributed by atoms with Crippen LogP contribution >= 0.6 is 0 Å². The standard InChI is InChI=1S/C13H7NO4/c15-10-4-5-14-6-9(13(17)18)12(16)8-3-1-2-7(10)11(8)14/h1-6H,(H,17,18). The maximum atomic E-state index is 12.0. The van der Waals surface area contributed by atoms with Gasteiger partial charge >= 0.3 is 5.97 Å². The number of carboxylic acid groups (broad SMARTS) is 1. The molecule has 0 aliphatic rings. The molecule has 0 amide bonds. The highest BCUT2D eigenvalue weighted by atomic mass is 16.4. The van der Waals surface area contributed by atoms with E-state index in [1.165, 1.54) is 28.9 Å². The SMILES string of the molecule is O=C(O)c1cn2ccc(=O)c3cccc(c1=O)c32. The molecule has 0 saturated heterocycles. The summed E-state index contributed by atoms with van der Waals surface area (Å²) in [5, 5.41) is 9.63. The summed E-state index contributed by atoms with van der Waals surface area (Å²) in [4.78, 5) is 34.7. The van der Waals surface area contributed by atoms with Gasteiger partial charge in [-0.15, -0.1) is 0 Å². The average Bonchev–Trinajstić information content (AvgIpc) is 2.36. The van der Waals surface area contributed by atoms with Crippen LogP contribution in [0.1, 0.15) is 10.4 Å². The minimum Gasteiger partial charge on any atom is -0.477 e. The van der Waals surface area contributed by atoms with Crippen LogP contribution in [0.3, 0.4) is 0 Å². The van der Waals surface area contributed by atoms with Crippen molar-refractivity contribution in [2.75, 3.05) is 0 Å². The van der Waals surface area contributed by atoms with Crippen LogP contribution in [0.4, 0.5) is 0 Å². The fourth-order valence-electron chi connectivity index (χ4n) is 2.12. The summed E-state index contributed by atoms with van der Waals surface area (Å²) in [5.74, 6) is -1.28. The third-order valence-corrected chi connectivity index (χ3v) is 2.93. The lowest BCUT2D eigenvalue weighted by Crippen LogP contribution is -2.18. The third-order valence-electron chi connectivity index (χ3n) is 2.93. The summed E-state index contributed by atoms with van der Waals surface area (Å²) in [6, 6.07) is 6.06. The molecule has 3 rings (SSSR count). The molecule has 0 radical (unpaired) electrons. The minimum absolute atomic E-state index is 0.192. The first-order valence-electron chi connectivity index (χ1n) is 5.23. The van der Waals surface area contributed by atoms with E-state index in [9.17, 15) is 14.4 Å². The van der Waals surface area contributed by atoms with Crippen LogP contribution in [0.25, 0.3) is 16.3 Å². The molecule has 0 bridgehead atoms. The van der Waals surface area contributed by atoms with Crippen molar-refractivity contribution in [1.29, 1.82) is 0 Å². The number of para-hydroxylation sites is 1. The van der Waals surface area contributed by atoms with Crippen molar-refractivity contribution < 1.29 is 9.90 Å². The van der Waals surface area contributed by atoms with Crippen molar-refractivity contribution in [2.45, 2.75) is 0 Å². The second-order valence-corrected chi connectivity index (χ2v) is 3.97. The van der Waals surface area contributed by atoms with Crippen molar-refractivity contribution in [2.24, 2.45) is 0 Å². The molecule has 88 valence electrons. The fraction of sp³-hybridized carbons (Fsp3) is 0. The van der Waals surface area contributed by atoms with E-state index in [1.54, 1.807) is 12.1 Å². The Kier molecular flexibility index (Phi) is 1.98. The number of hydrogen-bond acceptors (Lipinski definition) is 3. The van der Waals surface area contributed by atoms with E-state index in [1.807, 2.05) is 0 Å². The molecule has 5 heteroatoms. The summed E-state index contributed by atoms with van der Waals surface area (Å²) in [7, 11) is 0. The fourth-order valence-corrected chi connectivity index (χ4v) is 2.12.